The lowest BCUT2D eigenvalue weighted by Crippen LogP contribution is -2.30. The van der Waals surface area contributed by atoms with E-state index in [1.165, 1.54) is 28.5 Å². The number of rotatable bonds is 5. The van der Waals surface area contributed by atoms with Crippen molar-refractivity contribution in [2.75, 3.05) is 22.7 Å². The molecule has 0 bridgehead atoms. The molecule has 0 amide bonds. The molecule has 3 rings (SSSR count). The molecule has 0 spiro atoms. The molecule has 1 N–H and O–H groups in total. The summed E-state index contributed by atoms with van der Waals surface area (Å²) in [7, 11) is -4.26. The zero-order chi connectivity index (χ0) is 22.8. The Balaban J connectivity index is 2.03. The van der Waals surface area contributed by atoms with Gasteiger partial charge in [0.05, 0.1) is 12.7 Å². The van der Waals surface area contributed by atoms with E-state index >= 15 is 0 Å². The van der Waals surface area contributed by atoms with E-state index in [-0.39, 0.29) is 23.3 Å². The molecule has 1 fully saturated rings. The molecular weight excluding hydrogens is 437 g/mol. The quantitative estimate of drug-likeness (QED) is 0.520. The van der Waals surface area contributed by atoms with Gasteiger partial charge >= 0.3 is 21.5 Å². The first-order valence-electron chi connectivity index (χ1n) is 8.79. The number of nitrogens with one attached hydrogen (secondary N) is 1. The predicted molar refractivity (Wildman–Crippen MR) is 106 cm³/mol. The molecule has 1 aromatic heterocycles. The van der Waals surface area contributed by atoms with E-state index in [4.69, 9.17) is 13.1 Å². The number of halogens is 3. The third-order valence-electron chi connectivity index (χ3n) is 4.48. The number of aromatic nitrogens is 2. The van der Waals surface area contributed by atoms with Crippen LogP contribution in [-0.2, 0) is 17.1 Å². The smallest absolute Gasteiger partial charge is 0.373 e. The van der Waals surface area contributed by atoms with Crippen LogP contribution in [0.1, 0.15) is 12.8 Å². The number of benzene rings is 1. The van der Waals surface area contributed by atoms with E-state index < -0.39 is 21.2 Å². The van der Waals surface area contributed by atoms with Gasteiger partial charge in [0.1, 0.15) is 5.69 Å². The van der Waals surface area contributed by atoms with Crippen LogP contribution in [0.3, 0.4) is 0 Å². The van der Waals surface area contributed by atoms with Gasteiger partial charge in [-0.3, -0.25) is 4.72 Å². The second kappa shape index (κ2) is 8.23. The highest BCUT2D eigenvalue weighted by Crippen LogP contribution is 2.37. The topological polar surface area (TPSA) is 101 Å². The SMILES string of the molecule is [C-]#[N+]c1nc(/N=N/c2ccc(N3CCCC3)cc2NS(=O)(=O)C(F)(F)F)n(C)c1[N+]#[C-]. The fourth-order valence-electron chi connectivity index (χ4n) is 2.92. The zero-order valence-electron chi connectivity index (χ0n) is 16.0. The maximum Gasteiger partial charge on any atom is 0.516 e. The molecule has 1 saturated heterocycles. The fourth-order valence-corrected chi connectivity index (χ4v) is 3.49. The third kappa shape index (κ3) is 4.44. The molecule has 14 heteroatoms. The number of anilines is 2. The molecule has 0 unspecified atom stereocenters. The summed E-state index contributed by atoms with van der Waals surface area (Å²) in [5.41, 5.74) is -5.57. The van der Waals surface area contributed by atoms with Gasteiger partial charge in [-0.25, -0.2) is 4.57 Å². The van der Waals surface area contributed by atoms with Crippen LogP contribution in [-0.4, -0.2) is 36.6 Å². The second-order valence-electron chi connectivity index (χ2n) is 6.49. The summed E-state index contributed by atoms with van der Waals surface area (Å²) in [4.78, 5) is 12.0. The van der Waals surface area contributed by atoms with Crippen LogP contribution in [0.2, 0.25) is 0 Å². The van der Waals surface area contributed by atoms with Gasteiger partial charge in [-0.15, -0.1) is 5.11 Å². The number of hydrogen-bond acceptors (Lipinski definition) is 6. The number of nitrogens with zero attached hydrogens (tertiary/aromatic N) is 7. The van der Waals surface area contributed by atoms with Crippen LogP contribution in [0.25, 0.3) is 9.69 Å². The molecule has 162 valence electrons. The molecule has 1 aliphatic heterocycles. The van der Waals surface area contributed by atoms with Gasteiger partial charge in [0.25, 0.3) is 11.6 Å². The van der Waals surface area contributed by atoms with Crippen molar-refractivity contribution in [3.8, 4) is 0 Å². The van der Waals surface area contributed by atoms with E-state index in [0.717, 1.165) is 12.8 Å². The number of sulfonamides is 1. The summed E-state index contributed by atoms with van der Waals surface area (Å²) < 4.78 is 64.7. The molecule has 1 aromatic carbocycles. The van der Waals surface area contributed by atoms with E-state index in [2.05, 4.69) is 24.9 Å². The molecule has 31 heavy (non-hydrogen) atoms. The molecule has 2 heterocycles. The summed E-state index contributed by atoms with van der Waals surface area (Å²) in [5.74, 6) is -0.412. The highest BCUT2D eigenvalue weighted by molar-refractivity contribution is 7.93. The van der Waals surface area contributed by atoms with Gasteiger partial charge in [-0.1, -0.05) is 23.2 Å². The molecule has 0 atom stereocenters. The van der Waals surface area contributed by atoms with Crippen molar-refractivity contribution in [2.45, 2.75) is 18.3 Å². The van der Waals surface area contributed by atoms with Gasteiger partial charge in [0.2, 0.25) is 0 Å². The highest BCUT2D eigenvalue weighted by atomic mass is 32.2. The first-order chi connectivity index (χ1) is 14.6. The summed E-state index contributed by atoms with van der Waals surface area (Å²) >= 11 is 0. The summed E-state index contributed by atoms with van der Waals surface area (Å²) in [6.45, 7) is 15.5. The summed E-state index contributed by atoms with van der Waals surface area (Å²) in [6, 6.07) is 4.19. The number of imidazole rings is 1. The molecule has 0 saturated carbocycles. The summed E-state index contributed by atoms with van der Waals surface area (Å²) in [5, 5.41) is 7.61. The second-order valence-corrected chi connectivity index (χ2v) is 8.16. The molecule has 0 radical (unpaired) electrons. The lowest BCUT2D eigenvalue weighted by Gasteiger charge is -2.19. The minimum Gasteiger partial charge on any atom is -0.373 e. The predicted octanol–water partition coefficient (Wildman–Crippen LogP) is 4.80. The molecule has 10 nitrogen and oxygen atoms in total. The minimum absolute atomic E-state index is 0.0775. The Labute approximate surface area is 175 Å². The van der Waals surface area contributed by atoms with Gasteiger partial charge in [0.15, 0.2) is 0 Å². The molecule has 2 aromatic rings. The zero-order valence-corrected chi connectivity index (χ0v) is 16.9. The van der Waals surface area contributed by atoms with Gasteiger partial charge in [-0.2, -0.15) is 21.6 Å². The summed E-state index contributed by atoms with van der Waals surface area (Å²) in [6.07, 6.45) is 1.83. The van der Waals surface area contributed by atoms with Crippen molar-refractivity contribution in [1.82, 2.24) is 9.55 Å². The highest BCUT2D eigenvalue weighted by Gasteiger charge is 2.46. The maximum atomic E-state index is 12.9. The molecule has 1 aliphatic rings. The van der Waals surface area contributed by atoms with Crippen molar-refractivity contribution < 1.29 is 21.6 Å². The average Bonchev–Trinajstić information content (AvgIpc) is 3.34. The Hall–Kier alpha value is -3.65. The van der Waals surface area contributed by atoms with Crippen molar-refractivity contribution in [1.29, 1.82) is 0 Å². The first kappa shape index (κ1) is 22.0. The number of alkyl halides is 3. The van der Waals surface area contributed by atoms with Crippen molar-refractivity contribution in [2.24, 2.45) is 17.3 Å². The monoisotopic (exact) mass is 452 g/mol. The van der Waals surface area contributed by atoms with Crippen LogP contribution < -0.4 is 9.62 Å². The van der Waals surface area contributed by atoms with Crippen LogP contribution in [0.15, 0.2) is 28.4 Å². The normalized spacial score (nSPS) is 14.6. The number of hydrogen-bond donors (Lipinski definition) is 1. The Kier molecular flexibility index (Phi) is 5.85. The molecular formula is C17H15F3N8O2S. The fraction of sp³-hybridized carbons (Fsp3) is 0.353. The van der Waals surface area contributed by atoms with Gasteiger partial charge in [0, 0.05) is 18.8 Å². The Bertz CT molecular complexity index is 1220. The van der Waals surface area contributed by atoms with Crippen molar-refractivity contribution >= 4 is 44.7 Å². The largest absolute Gasteiger partial charge is 0.516 e. The van der Waals surface area contributed by atoms with Crippen molar-refractivity contribution in [3.05, 3.63) is 41.0 Å². The molecule has 0 aliphatic carbocycles. The standard InChI is InChI=1S/C17H15F3N8O2S/c1-21-14-15(22-2)27(3)16(23-14)25-24-12-7-6-11(28-8-4-5-9-28)10-13(12)26-31(29,30)17(18,19)20/h6-7,10,26H,4-5,8-9H2,3H3/b25-24+. The Morgan fingerprint density at radius 3 is 2.39 bits per heavy atom. The van der Waals surface area contributed by atoms with Gasteiger partial charge < -0.3 is 14.6 Å². The average molecular weight is 452 g/mol. The van der Waals surface area contributed by atoms with E-state index in [9.17, 15) is 21.6 Å². The van der Waals surface area contributed by atoms with Crippen LogP contribution in [0.4, 0.5) is 47.8 Å². The van der Waals surface area contributed by atoms with E-state index in [1.807, 2.05) is 4.90 Å². The van der Waals surface area contributed by atoms with Crippen LogP contribution in [0, 0.1) is 13.1 Å². The maximum absolute atomic E-state index is 12.9. The lowest BCUT2D eigenvalue weighted by atomic mass is 10.2. The van der Waals surface area contributed by atoms with Crippen LogP contribution >= 0.6 is 0 Å². The van der Waals surface area contributed by atoms with Gasteiger partial charge in [-0.05, 0) is 31.0 Å². The first-order valence-corrected chi connectivity index (χ1v) is 10.3. The van der Waals surface area contributed by atoms with Crippen molar-refractivity contribution in [3.63, 3.8) is 0 Å². The third-order valence-corrected chi connectivity index (χ3v) is 5.58. The van der Waals surface area contributed by atoms with Crippen LogP contribution in [0.5, 0.6) is 0 Å². The minimum atomic E-state index is -5.69. The number of azo groups is 1. The Morgan fingerprint density at radius 2 is 1.84 bits per heavy atom. The Morgan fingerprint density at radius 1 is 1.16 bits per heavy atom. The van der Waals surface area contributed by atoms with E-state index in [1.54, 1.807) is 6.07 Å². The lowest BCUT2D eigenvalue weighted by molar-refractivity contribution is -0.0429. The van der Waals surface area contributed by atoms with E-state index in [0.29, 0.717) is 18.8 Å².